The van der Waals surface area contributed by atoms with Gasteiger partial charge in [-0.3, -0.25) is 10.1 Å². The van der Waals surface area contributed by atoms with Gasteiger partial charge in [0.2, 0.25) is 5.91 Å². The molecule has 0 spiro atoms. The predicted octanol–water partition coefficient (Wildman–Crippen LogP) is -0.368. The number of hydrogen-bond donors (Lipinski definition) is 5. The molecule has 6 heteroatoms. The average Bonchev–Trinajstić information content (AvgIpc) is 2.44. The lowest BCUT2D eigenvalue weighted by Crippen LogP contribution is -2.47. The van der Waals surface area contributed by atoms with Gasteiger partial charge in [-0.05, 0) is 38.3 Å². The van der Waals surface area contributed by atoms with Crippen LogP contribution in [-0.2, 0) is 11.2 Å². The first kappa shape index (κ1) is 17.6. The summed E-state index contributed by atoms with van der Waals surface area (Å²) in [5, 5.41) is 5.83. The van der Waals surface area contributed by atoms with Crippen molar-refractivity contribution in [2.45, 2.75) is 44.6 Å². The van der Waals surface area contributed by atoms with E-state index in [-0.39, 0.29) is 11.9 Å². The molecule has 1 aromatic rings. The number of benzene rings is 1. The number of nitrogens with two attached hydrogens (primary N) is 3. The van der Waals surface area contributed by atoms with Crippen LogP contribution >= 0.6 is 0 Å². The maximum absolute atomic E-state index is 12.0. The van der Waals surface area contributed by atoms with Crippen LogP contribution in [0.1, 0.15) is 25.3 Å². The monoisotopic (exact) mass is 293 g/mol. The second kappa shape index (κ2) is 9.46. The van der Waals surface area contributed by atoms with Crippen molar-refractivity contribution in [2.75, 3.05) is 6.54 Å². The van der Waals surface area contributed by atoms with Gasteiger partial charge < -0.3 is 22.5 Å². The van der Waals surface area contributed by atoms with Crippen molar-refractivity contribution in [3.63, 3.8) is 0 Å². The fourth-order valence-corrected chi connectivity index (χ4v) is 2.09. The summed E-state index contributed by atoms with van der Waals surface area (Å²) >= 11 is 0. The lowest BCUT2D eigenvalue weighted by Gasteiger charge is -2.18. The summed E-state index contributed by atoms with van der Waals surface area (Å²) in [6, 6.07) is 9.61. The molecule has 2 atom stereocenters. The zero-order chi connectivity index (χ0) is 15.7. The molecule has 0 aromatic heterocycles. The molecule has 1 aromatic carbocycles. The van der Waals surface area contributed by atoms with Crippen molar-refractivity contribution in [1.82, 2.24) is 10.6 Å². The van der Waals surface area contributed by atoms with Crippen molar-refractivity contribution >= 4 is 5.91 Å². The van der Waals surface area contributed by atoms with E-state index in [1.54, 1.807) is 0 Å². The highest BCUT2D eigenvalue weighted by Crippen LogP contribution is 2.03. The van der Waals surface area contributed by atoms with E-state index in [2.05, 4.69) is 10.6 Å². The van der Waals surface area contributed by atoms with Gasteiger partial charge in [0.25, 0.3) is 0 Å². The third kappa shape index (κ3) is 7.77. The van der Waals surface area contributed by atoms with Crippen LogP contribution in [0.5, 0.6) is 0 Å². The molecule has 0 saturated heterocycles. The Labute approximate surface area is 126 Å². The largest absolute Gasteiger partial charge is 0.352 e. The van der Waals surface area contributed by atoms with Crippen LogP contribution in [0.15, 0.2) is 30.3 Å². The topological polar surface area (TPSA) is 119 Å². The van der Waals surface area contributed by atoms with Crippen molar-refractivity contribution in [2.24, 2.45) is 17.2 Å². The van der Waals surface area contributed by atoms with Crippen LogP contribution < -0.4 is 27.8 Å². The third-order valence-electron chi connectivity index (χ3n) is 3.18. The van der Waals surface area contributed by atoms with E-state index in [9.17, 15) is 4.79 Å². The minimum Gasteiger partial charge on any atom is -0.352 e. The Morgan fingerprint density at radius 3 is 2.48 bits per heavy atom. The van der Waals surface area contributed by atoms with Crippen LogP contribution in [0.4, 0.5) is 0 Å². The highest BCUT2D eigenvalue weighted by Gasteiger charge is 2.15. The van der Waals surface area contributed by atoms with Crippen molar-refractivity contribution in [3.05, 3.63) is 35.9 Å². The molecule has 118 valence electrons. The van der Waals surface area contributed by atoms with Gasteiger partial charge in [-0.25, -0.2) is 0 Å². The van der Waals surface area contributed by atoms with Gasteiger partial charge in [0, 0.05) is 6.04 Å². The van der Waals surface area contributed by atoms with Gasteiger partial charge in [-0.1, -0.05) is 30.3 Å². The fraction of sp³-hybridized carbons (Fsp3) is 0.533. The molecular formula is C15H27N5O. The quantitative estimate of drug-likeness (QED) is 0.314. The van der Waals surface area contributed by atoms with Gasteiger partial charge in [0.15, 0.2) is 0 Å². The minimum absolute atomic E-state index is 0.0570. The van der Waals surface area contributed by atoms with E-state index >= 15 is 0 Å². The summed E-state index contributed by atoms with van der Waals surface area (Å²) in [5.41, 5.74) is 17.8. The van der Waals surface area contributed by atoms with Crippen molar-refractivity contribution in [3.8, 4) is 0 Å². The van der Waals surface area contributed by atoms with E-state index in [1.807, 2.05) is 37.3 Å². The standard InChI is InChI=1S/C15H27N5O/c1-11(10-12-6-3-2-4-7-12)20-14(21)13(16)8-5-9-19-15(17)18/h2-4,6-7,11,13,15,19H,5,8-10,16-18H2,1H3,(H,20,21). The molecule has 6 nitrogen and oxygen atoms in total. The van der Waals surface area contributed by atoms with Crippen molar-refractivity contribution in [1.29, 1.82) is 0 Å². The third-order valence-corrected chi connectivity index (χ3v) is 3.18. The van der Waals surface area contributed by atoms with Gasteiger partial charge >= 0.3 is 0 Å². The Morgan fingerprint density at radius 1 is 1.19 bits per heavy atom. The minimum atomic E-state index is -0.527. The number of hydrogen-bond acceptors (Lipinski definition) is 5. The van der Waals surface area contributed by atoms with Crippen LogP contribution in [0.2, 0.25) is 0 Å². The first-order valence-corrected chi connectivity index (χ1v) is 7.33. The molecule has 8 N–H and O–H groups in total. The summed E-state index contributed by atoms with van der Waals surface area (Å²) in [6.45, 7) is 2.63. The molecule has 21 heavy (non-hydrogen) atoms. The molecule has 1 amide bonds. The fourth-order valence-electron chi connectivity index (χ4n) is 2.09. The second-order valence-electron chi connectivity index (χ2n) is 5.33. The maximum Gasteiger partial charge on any atom is 0.237 e. The molecule has 0 heterocycles. The molecule has 1 rings (SSSR count). The molecule has 2 unspecified atom stereocenters. The van der Waals surface area contributed by atoms with Crippen molar-refractivity contribution < 1.29 is 4.79 Å². The van der Waals surface area contributed by atoms with Crippen LogP contribution in [-0.4, -0.2) is 30.8 Å². The first-order valence-electron chi connectivity index (χ1n) is 7.33. The molecule has 0 aliphatic heterocycles. The van der Waals surface area contributed by atoms with Gasteiger partial charge in [-0.15, -0.1) is 0 Å². The Hall–Kier alpha value is -1.47. The molecule has 0 bridgehead atoms. The highest BCUT2D eigenvalue weighted by molar-refractivity contribution is 5.81. The lowest BCUT2D eigenvalue weighted by atomic mass is 10.1. The van der Waals surface area contributed by atoms with E-state index in [0.717, 1.165) is 12.8 Å². The van der Waals surface area contributed by atoms with E-state index in [0.29, 0.717) is 13.0 Å². The number of rotatable bonds is 9. The number of nitrogens with one attached hydrogen (secondary N) is 2. The Morgan fingerprint density at radius 2 is 1.86 bits per heavy atom. The van der Waals surface area contributed by atoms with Crippen LogP contribution in [0.25, 0.3) is 0 Å². The Kier molecular flexibility index (Phi) is 7.92. The summed E-state index contributed by atoms with van der Waals surface area (Å²) in [6.07, 6.45) is 1.62. The zero-order valence-corrected chi connectivity index (χ0v) is 12.6. The molecule has 0 aliphatic carbocycles. The molecule has 0 aliphatic rings. The summed E-state index contributed by atoms with van der Waals surface area (Å²) < 4.78 is 0. The maximum atomic E-state index is 12.0. The lowest BCUT2D eigenvalue weighted by molar-refractivity contribution is -0.123. The van der Waals surface area contributed by atoms with E-state index in [1.165, 1.54) is 5.56 Å². The predicted molar refractivity (Wildman–Crippen MR) is 85.1 cm³/mol. The summed E-state index contributed by atoms with van der Waals surface area (Å²) in [5.74, 6) is -0.115. The smallest absolute Gasteiger partial charge is 0.237 e. The Bertz CT molecular complexity index is 410. The first-order chi connectivity index (χ1) is 9.99. The molecular weight excluding hydrogens is 266 g/mol. The molecule has 0 fully saturated rings. The summed E-state index contributed by atoms with van der Waals surface area (Å²) in [4.78, 5) is 12.0. The van der Waals surface area contributed by atoms with Crippen LogP contribution in [0.3, 0.4) is 0 Å². The number of carbonyl (C=O) groups excluding carboxylic acids is 1. The normalized spacial score (nSPS) is 14.0. The Balaban J connectivity index is 2.25. The van der Waals surface area contributed by atoms with Gasteiger partial charge in [0.05, 0.1) is 6.04 Å². The number of carbonyl (C=O) groups is 1. The number of amides is 1. The molecule has 0 saturated carbocycles. The van der Waals surface area contributed by atoms with E-state index < -0.39 is 12.3 Å². The average molecular weight is 293 g/mol. The zero-order valence-electron chi connectivity index (χ0n) is 12.6. The van der Waals surface area contributed by atoms with Gasteiger partial charge in [0.1, 0.15) is 6.29 Å². The van der Waals surface area contributed by atoms with E-state index in [4.69, 9.17) is 17.2 Å². The van der Waals surface area contributed by atoms with Gasteiger partial charge in [-0.2, -0.15) is 0 Å². The molecule has 0 radical (unpaired) electrons. The summed E-state index contributed by atoms with van der Waals surface area (Å²) in [7, 11) is 0. The highest BCUT2D eigenvalue weighted by atomic mass is 16.2. The SMILES string of the molecule is CC(Cc1ccccc1)NC(=O)C(N)CCCNC(N)N. The van der Waals surface area contributed by atoms with Crippen LogP contribution in [0, 0.1) is 0 Å². The second-order valence-corrected chi connectivity index (χ2v) is 5.33.